The second-order valence-corrected chi connectivity index (χ2v) is 9.99. The Morgan fingerprint density at radius 3 is 2.79 bits per heavy atom. The minimum Gasteiger partial charge on any atom is -0.493 e. The van der Waals surface area contributed by atoms with E-state index in [0.29, 0.717) is 30.3 Å². The molecule has 1 saturated carbocycles. The Bertz CT molecular complexity index is 1090. The second kappa shape index (κ2) is 10.00. The van der Waals surface area contributed by atoms with Gasteiger partial charge >= 0.3 is 0 Å². The number of carbonyl (C=O) groups is 1. The molecule has 5 rings (SSSR count). The van der Waals surface area contributed by atoms with E-state index in [-0.39, 0.29) is 11.9 Å². The molecule has 0 unspecified atom stereocenters. The Hall–Kier alpha value is -2.80. The van der Waals surface area contributed by atoms with Crippen molar-refractivity contribution in [2.45, 2.75) is 70.6 Å². The van der Waals surface area contributed by atoms with Gasteiger partial charge in [-0.1, -0.05) is 25.0 Å². The molecule has 2 aliphatic carbocycles. The van der Waals surface area contributed by atoms with E-state index in [1.807, 2.05) is 34.5 Å². The molecule has 3 aromatic rings. The van der Waals surface area contributed by atoms with E-state index in [0.717, 1.165) is 60.2 Å². The van der Waals surface area contributed by atoms with Gasteiger partial charge in [0.2, 0.25) is 0 Å². The molecule has 1 fully saturated rings. The molecule has 0 atom stereocenters. The Kier molecular flexibility index (Phi) is 6.67. The fourth-order valence-corrected chi connectivity index (χ4v) is 5.67. The number of nitrogens with one attached hydrogen (secondary N) is 1. The zero-order valence-corrected chi connectivity index (χ0v) is 20.0. The normalized spacial score (nSPS) is 15.9. The summed E-state index contributed by atoms with van der Waals surface area (Å²) in [7, 11) is 1.65. The number of benzene rings is 1. The first kappa shape index (κ1) is 22.0. The molecular weight excluding hydrogens is 434 g/mol. The molecule has 1 N–H and O–H groups in total. The van der Waals surface area contributed by atoms with Crippen LogP contribution in [0.25, 0.3) is 0 Å². The molecule has 2 heterocycles. The third-order valence-electron chi connectivity index (χ3n) is 6.82. The van der Waals surface area contributed by atoms with Gasteiger partial charge < -0.3 is 14.4 Å². The van der Waals surface area contributed by atoms with Crippen LogP contribution in [0.15, 0.2) is 35.7 Å². The van der Waals surface area contributed by atoms with Gasteiger partial charge in [-0.05, 0) is 67.7 Å². The topological polar surface area (TPSA) is 67.5 Å². The van der Waals surface area contributed by atoms with E-state index >= 15 is 0 Å². The van der Waals surface area contributed by atoms with Gasteiger partial charge in [0.15, 0.2) is 17.2 Å². The van der Waals surface area contributed by atoms with E-state index in [1.165, 1.54) is 12.8 Å². The number of aryl methyl sites for hydroxylation is 1. The standard InChI is InChI=1S/C26H31N3O3S/c1-31-23-13-12-18(15-24(23)32-17-20-9-6-14-33-20)16-29(19-7-2-3-8-19)26(30)25-21-10-4-5-11-22(21)27-28-25/h6,9,12-15,19H,2-5,7-8,10-11,16-17H2,1H3,(H,27,28). The number of amides is 1. The van der Waals surface area contributed by atoms with Gasteiger partial charge in [-0.2, -0.15) is 5.10 Å². The van der Waals surface area contributed by atoms with Gasteiger partial charge in [0.25, 0.3) is 5.91 Å². The van der Waals surface area contributed by atoms with Crippen molar-refractivity contribution in [1.29, 1.82) is 0 Å². The van der Waals surface area contributed by atoms with E-state index in [1.54, 1.807) is 18.4 Å². The minimum absolute atomic E-state index is 0.0539. The Labute approximate surface area is 198 Å². The van der Waals surface area contributed by atoms with Crippen molar-refractivity contribution in [3.63, 3.8) is 0 Å². The first-order valence-electron chi connectivity index (χ1n) is 11.9. The van der Waals surface area contributed by atoms with Gasteiger partial charge in [0.1, 0.15) is 6.61 Å². The summed E-state index contributed by atoms with van der Waals surface area (Å²) in [6, 6.07) is 10.3. The molecule has 2 aliphatic rings. The summed E-state index contributed by atoms with van der Waals surface area (Å²) in [5.41, 5.74) is 3.94. The van der Waals surface area contributed by atoms with E-state index in [4.69, 9.17) is 9.47 Å². The number of carbonyl (C=O) groups excluding carboxylic acids is 1. The zero-order valence-electron chi connectivity index (χ0n) is 19.1. The first-order valence-corrected chi connectivity index (χ1v) is 12.8. The maximum Gasteiger partial charge on any atom is 0.275 e. The number of methoxy groups -OCH3 is 1. The molecule has 1 aromatic carbocycles. The number of hydrogen-bond acceptors (Lipinski definition) is 5. The van der Waals surface area contributed by atoms with Gasteiger partial charge in [-0.3, -0.25) is 9.89 Å². The fourth-order valence-electron chi connectivity index (χ4n) is 5.05. The number of nitrogens with zero attached hydrogens (tertiary/aromatic N) is 2. The van der Waals surface area contributed by atoms with Crippen molar-refractivity contribution in [3.05, 3.63) is 63.1 Å². The van der Waals surface area contributed by atoms with E-state index in [2.05, 4.69) is 16.3 Å². The number of H-pyrrole nitrogens is 1. The molecule has 33 heavy (non-hydrogen) atoms. The van der Waals surface area contributed by atoms with Crippen LogP contribution >= 0.6 is 11.3 Å². The smallest absolute Gasteiger partial charge is 0.275 e. The van der Waals surface area contributed by atoms with E-state index < -0.39 is 0 Å². The van der Waals surface area contributed by atoms with Crippen LogP contribution in [-0.4, -0.2) is 34.2 Å². The Balaban J connectivity index is 1.39. The third-order valence-corrected chi connectivity index (χ3v) is 7.67. The maximum atomic E-state index is 13.7. The van der Waals surface area contributed by atoms with Crippen LogP contribution in [0.1, 0.15) is 70.7 Å². The summed E-state index contributed by atoms with van der Waals surface area (Å²) in [5.74, 6) is 1.47. The number of rotatable bonds is 8. The second-order valence-electron chi connectivity index (χ2n) is 8.96. The number of aromatic amines is 1. The van der Waals surface area contributed by atoms with Crippen molar-refractivity contribution in [2.75, 3.05) is 7.11 Å². The summed E-state index contributed by atoms with van der Waals surface area (Å²) in [4.78, 5) is 17.0. The van der Waals surface area contributed by atoms with Gasteiger partial charge in [-0.25, -0.2) is 0 Å². The Morgan fingerprint density at radius 1 is 1.15 bits per heavy atom. The van der Waals surface area contributed by atoms with Gasteiger partial charge in [-0.15, -0.1) is 11.3 Å². The average molecular weight is 466 g/mol. The minimum atomic E-state index is 0.0539. The first-order chi connectivity index (χ1) is 16.2. The summed E-state index contributed by atoms with van der Waals surface area (Å²) < 4.78 is 11.6. The zero-order chi connectivity index (χ0) is 22.6. The molecule has 0 bridgehead atoms. The van der Waals surface area contributed by atoms with Gasteiger partial charge in [0, 0.05) is 28.7 Å². The summed E-state index contributed by atoms with van der Waals surface area (Å²) >= 11 is 1.67. The molecule has 1 amide bonds. The van der Waals surface area contributed by atoms with E-state index in [9.17, 15) is 4.79 Å². The lowest BCUT2D eigenvalue weighted by Crippen LogP contribution is -2.39. The largest absolute Gasteiger partial charge is 0.493 e. The molecule has 0 aliphatic heterocycles. The summed E-state index contributed by atoms with van der Waals surface area (Å²) in [6.07, 6.45) is 8.66. The molecule has 6 nitrogen and oxygen atoms in total. The van der Waals surface area contributed by atoms with Crippen LogP contribution < -0.4 is 9.47 Å². The lowest BCUT2D eigenvalue weighted by Gasteiger charge is -2.29. The lowest BCUT2D eigenvalue weighted by molar-refractivity contribution is 0.0656. The molecule has 7 heteroatoms. The van der Waals surface area contributed by atoms with Crippen LogP contribution in [-0.2, 0) is 26.0 Å². The Morgan fingerprint density at radius 2 is 2.00 bits per heavy atom. The highest BCUT2D eigenvalue weighted by atomic mass is 32.1. The quantitative estimate of drug-likeness (QED) is 0.475. The van der Waals surface area contributed by atoms with Crippen molar-refractivity contribution in [3.8, 4) is 11.5 Å². The maximum absolute atomic E-state index is 13.7. The molecule has 0 radical (unpaired) electrons. The third kappa shape index (κ3) is 4.78. The predicted molar refractivity (Wildman–Crippen MR) is 129 cm³/mol. The van der Waals surface area contributed by atoms with Crippen LogP contribution in [0.4, 0.5) is 0 Å². The SMILES string of the molecule is COc1ccc(CN(C(=O)c2n[nH]c3c2CCCC3)C2CCCC2)cc1OCc1cccs1. The number of hydrogen-bond donors (Lipinski definition) is 1. The summed E-state index contributed by atoms with van der Waals surface area (Å²) in [5, 5.41) is 9.66. The molecule has 174 valence electrons. The number of thiophene rings is 1. The van der Waals surface area contributed by atoms with Crippen LogP contribution in [0.2, 0.25) is 0 Å². The number of aromatic nitrogens is 2. The summed E-state index contributed by atoms with van der Waals surface area (Å²) in [6.45, 7) is 1.05. The number of ether oxygens (including phenoxy) is 2. The van der Waals surface area contributed by atoms with Crippen molar-refractivity contribution in [2.24, 2.45) is 0 Å². The molecule has 2 aromatic heterocycles. The van der Waals surface area contributed by atoms with Crippen molar-refractivity contribution in [1.82, 2.24) is 15.1 Å². The van der Waals surface area contributed by atoms with Crippen molar-refractivity contribution >= 4 is 17.2 Å². The molecular formula is C26H31N3O3S. The molecule has 0 saturated heterocycles. The average Bonchev–Trinajstić information content (AvgIpc) is 3.62. The van der Waals surface area contributed by atoms with Gasteiger partial charge in [0.05, 0.1) is 7.11 Å². The lowest BCUT2D eigenvalue weighted by atomic mass is 9.95. The van der Waals surface area contributed by atoms with Crippen molar-refractivity contribution < 1.29 is 14.3 Å². The highest BCUT2D eigenvalue weighted by Crippen LogP contribution is 2.33. The fraction of sp³-hybridized carbons (Fsp3) is 0.462. The highest BCUT2D eigenvalue weighted by molar-refractivity contribution is 7.09. The number of fused-ring (bicyclic) bond motifs is 1. The van der Waals surface area contributed by atoms with Crippen LogP contribution in [0.5, 0.6) is 11.5 Å². The molecule has 0 spiro atoms. The van der Waals surface area contributed by atoms with Crippen LogP contribution in [0.3, 0.4) is 0 Å². The highest BCUT2D eigenvalue weighted by Gasteiger charge is 2.31. The predicted octanol–water partition coefficient (Wildman–Crippen LogP) is 5.52. The monoisotopic (exact) mass is 465 g/mol. The van der Waals surface area contributed by atoms with Crippen LogP contribution in [0, 0.1) is 0 Å².